The maximum Gasteiger partial charge on any atom is 0.327 e. The molecule has 120 valence electrons. The number of hydrogen-bond acceptors (Lipinski definition) is 6. The van der Waals surface area contributed by atoms with Gasteiger partial charge in [-0.1, -0.05) is 12.1 Å². The molecule has 1 atom stereocenters. The molecule has 1 aromatic rings. The van der Waals surface area contributed by atoms with Crippen LogP contribution in [0.15, 0.2) is 40.8 Å². The minimum Gasteiger partial charge on any atom is -0.336 e. The Morgan fingerprint density at radius 1 is 1.26 bits per heavy atom. The van der Waals surface area contributed by atoms with Crippen LogP contribution in [0.2, 0.25) is 0 Å². The lowest BCUT2D eigenvalue weighted by Crippen LogP contribution is -2.56. The van der Waals surface area contributed by atoms with Crippen LogP contribution in [0.25, 0.3) is 0 Å². The fraction of sp³-hybridized carbons (Fsp3) is 0.438. The topological polar surface area (TPSA) is 106 Å². The van der Waals surface area contributed by atoms with E-state index < -0.39 is 10.7 Å². The van der Waals surface area contributed by atoms with Gasteiger partial charge in [0.2, 0.25) is 0 Å². The van der Waals surface area contributed by atoms with E-state index in [1.54, 1.807) is 0 Å². The van der Waals surface area contributed by atoms with E-state index in [9.17, 15) is 10.1 Å². The summed E-state index contributed by atoms with van der Waals surface area (Å²) in [4.78, 5) is 14.9. The molecule has 0 aromatic heterocycles. The van der Waals surface area contributed by atoms with Gasteiger partial charge >= 0.3 is 5.70 Å². The van der Waals surface area contributed by atoms with Crippen molar-refractivity contribution in [1.82, 2.24) is 5.32 Å². The molecule has 0 bridgehead atoms. The van der Waals surface area contributed by atoms with Gasteiger partial charge in [-0.2, -0.15) is 0 Å². The molecule has 0 saturated heterocycles. The van der Waals surface area contributed by atoms with Gasteiger partial charge in [-0.25, -0.2) is 4.99 Å². The number of hydrogen-bond donors (Lipinski definition) is 3. The fourth-order valence-electron chi connectivity index (χ4n) is 2.89. The Bertz CT molecular complexity index is 704. The number of anilines is 1. The lowest BCUT2D eigenvalue weighted by Gasteiger charge is -2.31. The van der Waals surface area contributed by atoms with Gasteiger partial charge in [0.1, 0.15) is 6.21 Å². The van der Waals surface area contributed by atoms with Gasteiger partial charge in [-0.3, -0.25) is 15.8 Å². The first kappa shape index (κ1) is 14.2. The molecule has 1 heterocycles. The molecule has 7 nitrogen and oxygen atoms in total. The SMILES string of the molecule is NC1(C2CC2)N=CC([N+](=O)[O-])=C(Nc2ccc(C3CC3)cc2)N1. The summed E-state index contributed by atoms with van der Waals surface area (Å²) in [6.07, 6.45) is 5.72. The molecule has 2 aliphatic carbocycles. The molecule has 1 aliphatic heterocycles. The standard InChI is InChI=1S/C16H19N5O2/c17-16(12-5-6-12)18-9-14(21(22)23)15(20-16)19-13-7-3-11(4-8-13)10-1-2-10/h3-4,7-10,12,19-20H,1-2,5-6,17H2. The largest absolute Gasteiger partial charge is 0.336 e. The summed E-state index contributed by atoms with van der Waals surface area (Å²) in [6.45, 7) is 0. The zero-order valence-corrected chi connectivity index (χ0v) is 12.7. The fourth-order valence-corrected chi connectivity index (χ4v) is 2.89. The van der Waals surface area contributed by atoms with Crippen molar-refractivity contribution < 1.29 is 4.92 Å². The number of nitrogens with zero attached hydrogens (tertiary/aromatic N) is 2. The summed E-state index contributed by atoms with van der Waals surface area (Å²) in [5, 5.41) is 17.4. The van der Waals surface area contributed by atoms with Gasteiger partial charge in [0.05, 0.1) is 4.92 Å². The van der Waals surface area contributed by atoms with Crippen LogP contribution in [0.3, 0.4) is 0 Å². The van der Waals surface area contributed by atoms with Gasteiger partial charge in [-0.15, -0.1) is 0 Å². The van der Waals surface area contributed by atoms with E-state index >= 15 is 0 Å². The molecule has 1 unspecified atom stereocenters. The smallest absolute Gasteiger partial charge is 0.327 e. The average Bonchev–Trinajstić information content (AvgIpc) is 3.40. The Morgan fingerprint density at radius 2 is 1.96 bits per heavy atom. The molecule has 4 N–H and O–H groups in total. The Morgan fingerprint density at radius 3 is 2.52 bits per heavy atom. The molecule has 0 spiro atoms. The van der Waals surface area contributed by atoms with Crippen molar-refractivity contribution in [3.63, 3.8) is 0 Å². The molecular formula is C16H19N5O2. The zero-order chi connectivity index (χ0) is 16.0. The summed E-state index contributed by atoms with van der Waals surface area (Å²) >= 11 is 0. The van der Waals surface area contributed by atoms with Crippen LogP contribution in [0.4, 0.5) is 5.69 Å². The summed E-state index contributed by atoms with van der Waals surface area (Å²) in [6, 6.07) is 8.03. The van der Waals surface area contributed by atoms with Crippen molar-refractivity contribution in [3.05, 3.63) is 51.5 Å². The van der Waals surface area contributed by atoms with Crippen molar-refractivity contribution in [3.8, 4) is 0 Å². The van der Waals surface area contributed by atoms with E-state index in [0.29, 0.717) is 11.7 Å². The number of aliphatic imine (C=N–C) groups is 1. The van der Waals surface area contributed by atoms with Gasteiger partial charge in [0.15, 0.2) is 11.6 Å². The second-order valence-corrected chi connectivity index (χ2v) is 6.52. The molecule has 0 radical (unpaired) electrons. The molecular weight excluding hydrogens is 294 g/mol. The predicted molar refractivity (Wildman–Crippen MR) is 87.3 cm³/mol. The molecule has 1 aromatic carbocycles. The third-order valence-electron chi connectivity index (χ3n) is 4.61. The number of allylic oxidation sites excluding steroid dienone is 1. The maximum absolute atomic E-state index is 11.2. The number of nitrogens with two attached hydrogens (primary N) is 1. The van der Waals surface area contributed by atoms with Crippen LogP contribution in [-0.4, -0.2) is 16.9 Å². The van der Waals surface area contributed by atoms with Gasteiger partial charge in [0.25, 0.3) is 0 Å². The first-order chi connectivity index (χ1) is 11.0. The highest BCUT2D eigenvalue weighted by Gasteiger charge is 2.45. The summed E-state index contributed by atoms with van der Waals surface area (Å²) in [7, 11) is 0. The minimum absolute atomic E-state index is 0.0991. The highest BCUT2D eigenvalue weighted by molar-refractivity contribution is 5.79. The first-order valence-electron chi connectivity index (χ1n) is 7.93. The zero-order valence-electron chi connectivity index (χ0n) is 12.7. The molecule has 0 amide bonds. The maximum atomic E-state index is 11.2. The normalized spacial score (nSPS) is 26.8. The molecule has 2 saturated carbocycles. The summed E-state index contributed by atoms with van der Waals surface area (Å²) in [5.41, 5.74) is 8.26. The number of benzene rings is 1. The van der Waals surface area contributed by atoms with Crippen molar-refractivity contribution in [2.24, 2.45) is 16.6 Å². The first-order valence-corrected chi connectivity index (χ1v) is 7.93. The number of rotatable bonds is 5. The van der Waals surface area contributed by atoms with E-state index in [1.807, 2.05) is 12.1 Å². The van der Waals surface area contributed by atoms with Crippen molar-refractivity contribution in [1.29, 1.82) is 0 Å². The average molecular weight is 313 g/mol. The van der Waals surface area contributed by atoms with Gasteiger partial charge in [0, 0.05) is 11.6 Å². The monoisotopic (exact) mass is 313 g/mol. The third kappa shape index (κ3) is 2.79. The molecule has 23 heavy (non-hydrogen) atoms. The van der Waals surface area contributed by atoms with Crippen molar-refractivity contribution in [2.75, 3.05) is 5.32 Å². The van der Waals surface area contributed by atoms with E-state index in [1.165, 1.54) is 24.6 Å². The van der Waals surface area contributed by atoms with E-state index in [-0.39, 0.29) is 11.6 Å². The summed E-state index contributed by atoms with van der Waals surface area (Å²) < 4.78 is 0. The second kappa shape index (κ2) is 5.06. The van der Waals surface area contributed by atoms with Crippen LogP contribution in [0, 0.1) is 16.0 Å². The highest BCUT2D eigenvalue weighted by atomic mass is 16.6. The number of nitrogens with one attached hydrogen (secondary N) is 2. The van der Waals surface area contributed by atoms with Crippen LogP contribution in [0.1, 0.15) is 37.2 Å². The van der Waals surface area contributed by atoms with E-state index in [4.69, 9.17) is 5.73 Å². The van der Waals surface area contributed by atoms with Gasteiger partial charge < -0.3 is 10.6 Å². The lowest BCUT2D eigenvalue weighted by atomic mass is 10.1. The lowest BCUT2D eigenvalue weighted by molar-refractivity contribution is -0.416. The Labute approximate surface area is 133 Å². The van der Waals surface area contributed by atoms with E-state index in [0.717, 1.165) is 18.5 Å². The van der Waals surface area contributed by atoms with Crippen LogP contribution >= 0.6 is 0 Å². The Balaban J connectivity index is 1.57. The van der Waals surface area contributed by atoms with Crippen molar-refractivity contribution in [2.45, 2.75) is 37.4 Å². The number of nitro groups is 1. The molecule has 7 heteroatoms. The third-order valence-corrected chi connectivity index (χ3v) is 4.61. The van der Waals surface area contributed by atoms with Crippen molar-refractivity contribution >= 4 is 11.9 Å². The van der Waals surface area contributed by atoms with Crippen LogP contribution in [-0.2, 0) is 0 Å². The Hall–Kier alpha value is -2.41. The summed E-state index contributed by atoms with van der Waals surface area (Å²) in [5.74, 6) is 0.263. The van der Waals surface area contributed by atoms with Crippen LogP contribution < -0.4 is 16.4 Å². The predicted octanol–water partition coefficient (Wildman–Crippen LogP) is 2.12. The molecule has 3 aliphatic rings. The Kier molecular flexibility index (Phi) is 3.12. The molecule has 2 fully saturated rings. The highest BCUT2D eigenvalue weighted by Crippen LogP contribution is 2.41. The van der Waals surface area contributed by atoms with Gasteiger partial charge in [-0.05, 0) is 49.3 Å². The van der Waals surface area contributed by atoms with E-state index in [2.05, 4.69) is 27.8 Å². The second-order valence-electron chi connectivity index (χ2n) is 6.52. The minimum atomic E-state index is -0.949. The quantitative estimate of drug-likeness (QED) is 0.570. The molecule has 4 rings (SSSR count). The van der Waals surface area contributed by atoms with Crippen LogP contribution in [0.5, 0.6) is 0 Å².